The molecule has 1 fully saturated rings. The van der Waals surface area contributed by atoms with Gasteiger partial charge in [0.25, 0.3) is 5.91 Å². The average molecular weight is 317 g/mol. The molecule has 6 heteroatoms. The number of hydrogen-bond acceptors (Lipinski definition) is 4. The molecule has 1 aliphatic rings. The Balaban J connectivity index is 2.02. The van der Waals surface area contributed by atoms with E-state index in [4.69, 9.17) is 0 Å². The highest BCUT2D eigenvalue weighted by atomic mass is 16.5. The summed E-state index contributed by atoms with van der Waals surface area (Å²) in [7, 11) is 1.36. The van der Waals surface area contributed by atoms with E-state index in [0.717, 1.165) is 31.6 Å². The number of nitrogens with zero attached hydrogens (tertiary/aromatic N) is 1. The summed E-state index contributed by atoms with van der Waals surface area (Å²) < 4.78 is 4.63. The largest absolute Gasteiger partial charge is 0.453 e. The first kappa shape index (κ1) is 16.9. The minimum absolute atomic E-state index is 0.102. The fourth-order valence-corrected chi connectivity index (χ4v) is 2.69. The van der Waals surface area contributed by atoms with E-state index in [9.17, 15) is 9.59 Å². The Morgan fingerprint density at radius 1 is 1.35 bits per heavy atom. The second kappa shape index (κ2) is 8.22. The zero-order valence-electron chi connectivity index (χ0n) is 13.4. The highest BCUT2D eigenvalue weighted by Crippen LogP contribution is 2.24. The van der Waals surface area contributed by atoms with Crippen LogP contribution in [0.3, 0.4) is 0 Å². The number of alkyl carbamates (subject to hydrolysis) is 1. The number of rotatable bonds is 5. The van der Waals surface area contributed by atoms with Gasteiger partial charge in [0.15, 0.2) is 0 Å². The molecule has 0 saturated carbocycles. The van der Waals surface area contributed by atoms with Gasteiger partial charge in [0.2, 0.25) is 0 Å². The number of nitrogens with one attached hydrogen (secondary N) is 2. The predicted molar refractivity (Wildman–Crippen MR) is 89.7 cm³/mol. The van der Waals surface area contributed by atoms with Crippen molar-refractivity contribution < 1.29 is 14.3 Å². The highest BCUT2D eigenvalue weighted by molar-refractivity contribution is 5.99. The van der Waals surface area contributed by atoms with Crippen molar-refractivity contribution in [1.29, 1.82) is 0 Å². The van der Waals surface area contributed by atoms with E-state index in [1.165, 1.54) is 7.11 Å². The molecule has 0 unspecified atom stereocenters. The van der Waals surface area contributed by atoms with Gasteiger partial charge in [-0.25, -0.2) is 4.79 Å². The van der Waals surface area contributed by atoms with Crippen molar-refractivity contribution in [2.75, 3.05) is 31.6 Å². The van der Waals surface area contributed by atoms with E-state index in [1.807, 2.05) is 24.3 Å². The summed E-state index contributed by atoms with van der Waals surface area (Å²) in [5, 5.41) is 5.64. The standard InChI is InChI=1S/C17H23N3O3/c1-3-10-18-16(21)14-6-4-5-7-15(14)20-11-8-13(9-12-20)19-17(22)23-2/h3-7,13H,1,8-12H2,2H3,(H,18,21)(H,19,22). The molecule has 1 heterocycles. The van der Waals surface area contributed by atoms with Gasteiger partial charge < -0.3 is 20.3 Å². The van der Waals surface area contributed by atoms with Crippen LogP contribution in [0.1, 0.15) is 23.2 Å². The van der Waals surface area contributed by atoms with Crippen LogP contribution in [0.5, 0.6) is 0 Å². The number of piperidine rings is 1. The molecule has 1 aliphatic heterocycles. The fraction of sp³-hybridized carbons (Fsp3) is 0.412. The van der Waals surface area contributed by atoms with E-state index in [1.54, 1.807) is 6.08 Å². The van der Waals surface area contributed by atoms with E-state index in [0.29, 0.717) is 12.1 Å². The highest BCUT2D eigenvalue weighted by Gasteiger charge is 2.23. The normalized spacial score (nSPS) is 14.9. The minimum Gasteiger partial charge on any atom is -0.453 e. The number of anilines is 1. The number of carbonyl (C=O) groups is 2. The lowest BCUT2D eigenvalue weighted by Crippen LogP contribution is -2.45. The first-order valence-corrected chi connectivity index (χ1v) is 7.73. The van der Waals surface area contributed by atoms with Crippen LogP contribution >= 0.6 is 0 Å². The molecule has 1 aromatic rings. The lowest BCUT2D eigenvalue weighted by Gasteiger charge is -2.34. The Morgan fingerprint density at radius 3 is 2.70 bits per heavy atom. The van der Waals surface area contributed by atoms with Crippen LogP contribution in [0.2, 0.25) is 0 Å². The van der Waals surface area contributed by atoms with Gasteiger partial charge in [0.1, 0.15) is 0 Å². The summed E-state index contributed by atoms with van der Waals surface area (Å²) in [5.41, 5.74) is 1.58. The van der Waals surface area contributed by atoms with Crippen LogP contribution in [0.15, 0.2) is 36.9 Å². The molecule has 6 nitrogen and oxygen atoms in total. The van der Waals surface area contributed by atoms with Gasteiger partial charge >= 0.3 is 6.09 Å². The van der Waals surface area contributed by atoms with E-state index < -0.39 is 6.09 Å². The Labute approximate surface area is 136 Å². The number of para-hydroxylation sites is 1. The van der Waals surface area contributed by atoms with Crippen molar-refractivity contribution >= 4 is 17.7 Å². The Bertz CT molecular complexity index is 566. The van der Waals surface area contributed by atoms with Crippen LogP contribution < -0.4 is 15.5 Å². The minimum atomic E-state index is -0.396. The van der Waals surface area contributed by atoms with Gasteiger partial charge in [-0.3, -0.25) is 4.79 Å². The van der Waals surface area contributed by atoms with E-state index >= 15 is 0 Å². The Morgan fingerprint density at radius 2 is 2.04 bits per heavy atom. The van der Waals surface area contributed by atoms with Crippen LogP contribution in [-0.2, 0) is 4.74 Å². The molecule has 0 atom stereocenters. The number of carbonyl (C=O) groups excluding carboxylic acids is 2. The van der Waals surface area contributed by atoms with Gasteiger partial charge in [-0.05, 0) is 25.0 Å². The van der Waals surface area contributed by atoms with Crippen molar-refractivity contribution in [2.24, 2.45) is 0 Å². The maximum atomic E-state index is 12.3. The maximum Gasteiger partial charge on any atom is 0.407 e. The SMILES string of the molecule is C=CCNC(=O)c1ccccc1N1CCC(NC(=O)OC)CC1. The average Bonchev–Trinajstić information content (AvgIpc) is 2.60. The quantitative estimate of drug-likeness (QED) is 0.814. The Hall–Kier alpha value is -2.50. The molecule has 0 spiro atoms. The molecule has 2 rings (SSSR count). The molecule has 1 aromatic carbocycles. The summed E-state index contributed by atoms with van der Waals surface area (Å²) in [4.78, 5) is 25.7. The number of hydrogen-bond donors (Lipinski definition) is 2. The zero-order chi connectivity index (χ0) is 16.7. The Kier molecular flexibility index (Phi) is 6.02. The number of amides is 2. The summed E-state index contributed by atoms with van der Waals surface area (Å²) in [5.74, 6) is -0.102. The third-order valence-electron chi connectivity index (χ3n) is 3.90. The predicted octanol–water partition coefficient (Wildman–Crippen LogP) is 1.93. The first-order valence-electron chi connectivity index (χ1n) is 7.73. The second-order valence-electron chi connectivity index (χ2n) is 5.41. The molecule has 2 N–H and O–H groups in total. The molecule has 0 aliphatic carbocycles. The second-order valence-corrected chi connectivity index (χ2v) is 5.41. The van der Waals surface area contributed by atoms with E-state index in [2.05, 4.69) is 26.8 Å². The van der Waals surface area contributed by atoms with Crippen LogP contribution in [0.25, 0.3) is 0 Å². The summed E-state index contributed by atoms with van der Waals surface area (Å²) in [6.45, 7) is 5.61. The topological polar surface area (TPSA) is 70.7 Å². The third kappa shape index (κ3) is 4.48. The molecule has 23 heavy (non-hydrogen) atoms. The lowest BCUT2D eigenvalue weighted by molar-refractivity contribution is 0.0958. The van der Waals surface area contributed by atoms with Gasteiger partial charge in [-0.2, -0.15) is 0 Å². The van der Waals surface area contributed by atoms with Gasteiger partial charge in [-0.1, -0.05) is 18.2 Å². The van der Waals surface area contributed by atoms with Gasteiger partial charge in [0.05, 0.1) is 12.7 Å². The molecule has 0 bridgehead atoms. The molecule has 0 aromatic heterocycles. The first-order chi connectivity index (χ1) is 11.2. The van der Waals surface area contributed by atoms with Crippen LogP contribution in [-0.4, -0.2) is 44.8 Å². The molecular formula is C17H23N3O3. The summed E-state index contributed by atoms with van der Waals surface area (Å²) in [6, 6.07) is 7.68. The fourth-order valence-electron chi connectivity index (χ4n) is 2.69. The van der Waals surface area contributed by atoms with Gasteiger partial charge in [0, 0.05) is 31.4 Å². The number of methoxy groups -OCH3 is 1. The molecule has 124 valence electrons. The molecule has 0 radical (unpaired) electrons. The van der Waals surface area contributed by atoms with Crippen LogP contribution in [0.4, 0.5) is 10.5 Å². The monoisotopic (exact) mass is 317 g/mol. The zero-order valence-corrected chi connectivity index (χ0v) is 13.4. The van der Waals surface area contributed by atoms with Crippen molar-refractivity contribution in [3.63, 3.8) is 0 Å². The third-order valence-corrected chi connectivity index (χ3v) is 3.90. The number of benzene rings is 1. The van der Waals surface area contributed by atoms with Crippen molar-refractivity contribution in [1.82, 2.24) is 10.6 Å². The molecule has 1 saturated heterocycles. The number of ether oxygens (including phenoxy) is 1. The smallest absolute Gasteiger partial charge is 0.407 e. The van der Waals surface area contributed by atoms with Crippen molar-refractivity contribution in [2.45, 2.75) is 18.9 Å². The summed E-state index contributed by atoms with van der Waals surface area (Å²) in [6.07, 6.45) is 2.90. The van der Waals surface area contributed by atoms with Gasteiger partial charge in [-0.15, -0.1) is 6.58 Å². The lowest BCUT2D eigenvalue weighted by atomic mass is 10.0. The van der Waals surface area contributed by atoms with Crippen molar-refractivity contribution in [3.05, 3.63) is 42.5 Å². The summed E-state index contributed by atoms with van der Waals surface area (Å²) >= 11 is 0. The van der Waals surface area contributed by atoms with Crippen LogP contribution in [0, 0.1) is 0 Å². The van der Waals surface area contributed by atoms with Crippen molar-refractivity contribution in [3.8, 4) is 0 Å². The molecular weight excluding hydrogens is 294 g/mol. The maximum absolute atomic E-state index is 12.3. The molecule has 2 amide bonds. The van der Waals surface area contributed by atoms with E-state index in [-0.39, 0.29) is 11.9 Å².